The average Bonchev–Trinajstić information content (AvgIpc) is 2.37. The molecule has 0 amide bonds. The van der Waals surface area contributed by atoms with Crippen molar-refractivity contribution in [2.75, 3.05) is 0 Å². The Morgan fingerprint density at radius 2 is 2.00 bits per heavy atom. The molecule has 0 radical (unpaired) electrons. The zero-order valence-corrected chi connectivity index (χ0v) is 5.57. The van der Waals surface area contributed by atoms with Gasteiger partial charge in [0.25, 0.3) is 0 Å². The molecule has 3 heteroatoms. The molecular weight excluding hydrogens is 114 g/mol. The normalized spacial score (nSPS) is 12.0. The zero-order chi connectivity index (χ0) is 6.69. The molecule has 1 aromatic rings. The van der Waals surface area contributed by atoms with E-state index in [4.69, 9.17) is 0 Å². The molecule has 0 bridgehead atoms. The molecule has 0 aliphatic rings. The summed E-state index contributed by atoms with van der Waals surface area (Å²) in [4.78, 5) is 0. The van der Waals surface area contributed by atoms with Gasteiger partial charge in [0.05, 0.1) is 0 Å². The van der Waals surface area contributed by atoms with Gasteiger partial charge in [0.1, 0.15) is 12.7 Å². The molecule has 48 valence electrons. The SMILES string of the molecule is C/C=C(\C)n1cnnc1. The van der Waals surface area contributed by atoms with Crippen molar-refractivity contribution in [2.24, 2.45) is 0 Å². The van der Waals surface area contributed by atoms with Crippen molar-refractivity contribution in [3.8, 4) is 0 Å². The molecule has 0 saturated heterocycles. The number of hydrogen-bond acceptors (Lipinski definition) is 2. The third-order valence-electron chi connectivity index (χ3n) is 1.24. The molecule has 0 aliphatic carbocycles. The largest absolute Gasteiger partial charge is 0.293 e. The number of allylic oxidation sites excluding steroid dienone is 2. The number of aromatic nitrogens is 3. The van der Waals surface area contributed by atoms with E-state index in [1.807, 2.05) is 24.5 Å². The van der Waals surface area contributed by atoms with E-state index < -0.39 is 0 Å². The molecular formula is C6H9N3. The standard InChI is InChI=1S/C6H9N3/c1-3-6(2)9-4-7-8-5-9/h3-5H,1-2H3/b6-3+. The molecule has 1 aromatic heterocycles. The van der Waals surface area contributed by atoms with Crippen LogP contribution in [0.1, 0.15) is 13.8 Å². The van der Waals surface area contributed by atoms with Crippen LogP contribution in [0.3, 0.4) is 0 Å². The van der Waals surface area contributed by atoms with Crippen molar-refractivity contribution >= 4 is 5.70 Å². The van der Waals surface area contributed by atoms with E-state index in [0.29, 0.717) is 0 Å². The van der Waals surface area contributed by atoms with Crippen LogP contribution in [-0.4, -0.2) is 14.8 Å². The maximum Gasteiger partial charge on any atom is 0.123 e. The van der Waals surface area contributed by atoms with Crippen molar-refractivity contribution in [2.45, 2.75) is 13.8 Å². The Balaban J connectivity index is 2.90. The topological polar surface area (TPSA) is 30.7 Å². The van der Waals surface area contributed by atoms with Crippen LogP contribution in [0.15, 0.2) is 18.7 Å². The Hall–Kier alpha value is -1.12. The molecule has 0 saturated carbocycles. The first kappa shape index (κ1) is 6.01. The molecule has 3 nitrogen and oxygen atoms in total. The first-order valence-electron chi connectivity index (χ1n) is 2.82. The molecule has 0 aromatic carbocycles. The maximum atomic E-state index is 3.66. The summed E-state index contributed by atoms with van der Waals surface area (Å²) in [7, 11) is 0. The van der Waals surface area contributed by atoms with Crippen molar-refractivity contribution in [1.82, 2.24) is 14.8 Å². The van der Waals surface area contributed by atoms with Gasteiger partial charge in [-0.25, -0.2) is 0 Å². The lowest BCUT2D eigenvalue weighted by Crippen LogP contribution is -1.86. The van der Waals surface area contributed by atoms with Crippen LogP contribution in [0.4, 0.5) is 0 Å². The van der Waals surface area contributed by atoms with Crippen molar-refractivity contribution in [3.63, 3.8) is 0 Å². The first-order chi connectivity index (χ1) is 4.34. The van der Waals surface area contributed by atoms with Gasteiger partial charge in [0.15, 0.2) is 0 Å². The monoisotopic (exact) mass is 123 g/mol. The first-order valence-corrected chi connectivity index (χ1v) is 2.82. The highest BCUT2D eigenvalue weighted by Crippen LogP contribution is 1.97. The summed E-state index contributed by atoms with van der Waals surface area (Å²) in [5, 5.41) is 7.33. The van der Waals surface area contributed by atoms with Gasteiger partial charge >= 0.3 is 0 Å². The predicted octanol–water partition coefficient (Wildman–Crippen LogP) is 1.16. The van der Waals surface area contributed by atoms with Crippen LogP contribution in [0, 0.1) is 0 Å². The van der Waals surface area contributed by atoms with Gasteiger partial charge in [0, 0.05) is 5.70 Å². The van der Waals surface area contributed by atoms with Gasteiger partial charge in [-0.05, 0) is 13.8 Å². The van der Waals surface area contributed by atoms with E-state index in [-0.39, 0.29) is 0 Å². The average molecular weight is 123 g/mol. The quantitative estimate of drug-likeness (QED) is 0.561. The fourth-order valence-corrected chi connectivity index (χ4v) is 0.532. The Bertz CT molecular complexity index is 198. The number of rotatable bonds is 1. The minimum atomic E-state index is 1.14. The molecule has 0 unspecified atom stereocenters. The fraction of sp³-hybridized carbons (Fsp3) is 0.333. The van der Waals surface area contributed by atoms with E-state index in [9.17, 15) is 0 Å². The smallest absolute Gasteiger partial charge is 0.123 e. The lowest BCUT2D eigenvalue weighted by Gasteiger charge is -1.95. The third-order valence-corrected chi connectivity index (χ3v) is 1.24. The summed E-state index contributed by atoms with van der Waals surface area (Å²) in [6, 6.07) is 0. The van der Waals surface area contributed by atoms with E-state index in [0.717, 1.165) is 5.70 Å². The lowest BCUT2D eigenvalue weighted by atomic mass is 10.4. The third kappa shape index (κ3) is 1.16. The minimum Gasteiger partial charge on any atom is -0.293 e. The minimum absolute atomic E-state index is 1.14. The summed E-state index contributed by atoms with van der Waals surface area (Å²) in [6.07, 6.45) is 5.36. The predicted molar refractivity (Wildman–Crippen MR) is 35.6 cm³/mol. The second kappa shape index (κ2) is 2.44. The molecule has 9 heavy (non-hydrogen) atoms. The summed E-state index contributed by atoms with van der Waals surface area (Å²) in [5.41, 5.74) is 1.14. The highest BCUT2D eigenvalue weighted by atomic mass is 15.2. The number of hydrogen-bond donors (Lipinski definition) is 0. The van der Waals surface area contributed by atoms with E-state index in [1.165, 1.54) is 0 Å². The van der Waals surface area contributed by atoms with Gasteiger partial charge in [0.2, 0.25) is 0 Å². The van der Waals surface area contributed by atoms with E-state index in [1.54, 1.807) is 12.7 Å². The second-order valence-corrected chi connectivity index (χ2v) is 1.80. The van der Waals surface area contributed by atoms with Crippen molar-refractivity contribution < 1.29 is 0 Å². The van der Waals surface area contributed by atoms with Crippen molar-refractivity contribution in [1.29, 1.82) is 0 Å². The van der Waals surface area contributed by atoms with Crippen LogP contribution >= 0.6 is 0 Å². The van der Waals surface area contributed by atoms with E-state index >= 15 is 0 Å². The van der Waals surface area contributed by atoms with Crippen molar-refractivity contribution in [3.05, 3.63) is 18.7 Å². The summed E-state index contributed by atoms with van der Waals surface area (Å²) < 4.78 is 1.86. The van der Waals surface area contributed by atoms with Gasteiger partial charge in [-0.3, -0.25) is 4.57 Å². The van der Waals surface area contributed by atoms with Gasteiger partial charge < -0.3 is 0 Å². The summed E-state index contributed by atoms with van der Waals surface area (Å²) in [5.74, 6) is 0. The van der Waals surface area contributed by atoms with E-state index in [2.05, 4.69) is 10.2 Å². The Kier molecular flexibility index (Phi) is 1.63. The molecule has 0 spiro atoms. The summed E-state index contributed by atoms with van der Waals surface area (Å²) in [6.45, 7) is 3.98. The molecule has 0 aliphatic heterocycles. The summed E-state index contributed by atoms with van der Waals surface area (Å²) >= 11 is 0. The Labute approximate surface area is 54.0 Å². The van der Waals surface area contributed by atoms with Crippen LogP contribution in [0.2, 0.25) is 0 Å². The van der Waals surface area contributed by atoms with Crippen LogP contribution < -0.4 is 0 Å². The number of nitrogens with zero attached hydrogens (tertiary/aromatic N) is 3. The Morgan fingerprint density at radius 3 is 2.44 bits per heavy atom. The van der Waals surface area contributed by atoms with Crippen LogP contribution in [-0.2, 0) is 0 Å². The zero-order valence-electron chi connectivity index (χ0n) is 5.57. The highest BCUT2D eigenvalue weighted by molar-refractivity contribution is 5.39. The molecule has 0 atom stereocenters. The highest BCUT2D eigenvalue weighted by Gasteiger charge is 1.87. The molecule has 0 N–H and O–H groups in total. The maximum absolute atomic E-state index is 3.66. The van der Waals surface area contributed by atoms with Gasteiger partial charge in [-0.15, -0.1) is 10.2 Å². The molecule has 1 heterocycles. The molecule has 0 fully saturated rings. The van der Waals surface area contributed by atoms with Crippen LogP contribution in [0.5, 0.6) is 0 Å². The van der Waals surface area contributed by atoms with Gasteiger partial charge in [-0.1, -0.05) is 6.08 Å². The Morgan fingerprint density at radius 1 is 1.44 bits per heavy atom. The second-order valence-electron chi connectivity index (χ2n) is 1.80. The van der Waals surface area contributed by atoms with Gasteiger partial charge in [-0.2, -0.15) is 0 Å². The molecule has 1 rings (SSSR count). The van der Waals surface area contributed by atoms with Crippen LogP contribution in [0.25, 0.3) is 5.70 Å². The lowest BCUT2D eigenvalue weighted by molar-refractivity contribution is 1.07. The fourth-order valence-electron chi connectivity index (χ4n) is 0.532.